The summed E-state index contributed by atoms with van der Waals surface area (Å²) in [5.41, 5.74) is -0.490. The van der Waals surface area contributed by atoms with Crippen LogP contribution in [0.15, 0.2) is 0 Å². The Hall–Kier alpha value is 0.270. The minimum atomic E-state index is -0.892. The molecule has 14 heavy (non-hydrogen) atoms. The average Bonchev–Trinajstić information content (AvgIpc) is 2.11. The van der Waals surface area contributed by atoms with E-state index in [1.165, 1.54) is 0 Å². The molecule has 3 rings (SSSR count). The molecule has 0 saturated heterocycles. The van der Waals surface area contributed by atoms with Gasteiger partial charge in [0.05, 0.1) is 23.5 Å². The highest BCUT2D eigenvalue weighted by molar-refractivity contribution is 7.19. The van der Waals surface area contributed by atoms with Crippen molar-refractivity contribution in [3.8, 4) is 0 Å². The Labute approximate surface area is 85.2 Å². The summed E-state index contributed by atoms with van der Waals surface area (Å²) in [4.78, 5) is 0. The third-order valence-electron chi connectivity index (χ3n) is 3.95. The normalized spacial score (nSPS) is 57.6. The molecular formula is C9H17O4P. The van der Waals surface area contributed by atoms with E-state index in [0.29, 0.717) is 19.3 Å². The lowest BCUT2D eigenvalue weighted by molar-refractivity contribution is -0.169. The number of rotatable bonds is 1. The van der Waals surface area contributed by atoms with Gasteiger partial charge in [0.25, 0.3) is 0 Å². The van der Waals surface area contributed by atoms with Gasteiger partial charge in [0, 0.05) is 12.0 Å². The molecule has 0 aromatic heterocycles. The second kappa shape index (κ2) is 3.13. The van der Waals surface area contributed by atoms with Crippen molar-refractivity contribution in [3.05, 3.63) is 0 Å². The van der Waals surface area contributed by atoms with E-state index in [2.05, 4.69) is 9.24 Å². The van der Waals surface area contributed by atoms with Gasteiger partial charge in [0.15, 0.2) is 0 Å². The molecule has 4 nitrogen and oxygen atoms in total. The molecule has 0 aromatic carbocycles. The largest absolute Gasteiger partial charge is 0.396 e. The molecule has 5 heteroatoms. The summed E-state index contributed by atoms with van der Waals surface area (Å²) in [5.74, 6) is 0. The maximum absolute atomic E-state index is 9.84. The van der Waals surface area contributed by atoms with Crippen LogP contribution in [-0.2, 0) is 0 Å². The minimum absolute atomic E-state index is 0.0844. The Kier molecular flexibility index (Phi) is 2.41. The van der Waals surface area contributed by atoms with Crippen LogP contribution >= 0.6 is 9.24 Å². The second-order valence-electron chi connectivity index (χ2n) is 4.82. The van der Waals surface area contributed by atoms with E-state index < -0.39 is 28.9 Å². The first-order valence-electron chi connectivity index (χ1n) is 4.88. The molecule has 4 atom stereocenters. The van der Waals surface area contributed by atoms with Crippen molar-refractivity contribution in [3.63, 3.8) is 0 Å². The van der Waals surface area contributed by atoms with Crippen molar-refractivity contribution in [1.29, 1.82) is 0 Å². The zero-order valence-corrected chi connectivity index (χ0v) is 9.08. The molecule has 82 valence electrons. The predicted molar refractivity (Wildman–Crippen MR) is 53.8 cm³/mol. The SMILES string of the molecule is OCC12CC(O)C(P)(C(O)C1)C(O)C2. The summed E-state index contributed by atoms with van der Waals surface area (Å²) >= 11 is 0. The first kappa shape index (κ1) is 10.8. The van der Waals surface area contributed by atoms with E-state index in [4.69, 9.17) is 0 Å². The Bertz CT molecular complexity index is 211. The van der Waals surface area contributed by atoms with Crippen molar-refractivity contribution < 1.29 is 20.4 Å². The van der Waals surface area contributed by atoms with Crippen LogP contribution in [0.25, 0.3) is 0 Å². The molecule has 2 bridgehead atoms. The second-order valence-corrected chi connectivity index (χ2v) is 5.82. The zero-order valence-electron chi connectivity index (χ0n) is 7.93. The summed E-state index contributed by atoms with van der Waals surface area (Å²) in [5, 5.41) is 37.9. The van der Waals surface area contributed by atoms with Gasteiger partial charge in [0.1, 0.15) is 0 Å². The van der Waals surface area contributed by atoms with Gasteiger partial charge in [-0.05, 0) is 19.3 Å². The van der Waals surface area contributed by atoms with Crippen LogP contribution in [-0.4, -0.2) is 50.5 Å². The third kappa shape index (κ3) is 1.18. The molecule has 0 aromatic rings. The number of aliphatic hydroxyl groups is 4. The van der Waals surface area contributed by atoms with Gasteiger partial charge in [-0.3, -0.25) is 0 Å². The first-order valence-corrected chi connectivity index (χ1v) is 5.46. The maximum atomic E-state index is 9.84. The van der Waals surface area contributed by atoms with Gasteiger partial charge >= 0.3 is 0 Å². The minimum Gasteiger partial charge on any atom is -0.396 e. The van der Waals surface area contributed by atoms with E-state index in [1.54, 1.807) is 0 Å². The van der Waals surface area contributed by atoms with Crippen LogP contribution < -0.4 is 0 Å². The lowest BCUT2D eigenvalue weighted by atomic mass is 9.56. The van der Waals surface area contributed by atoms with Crippen LogP contribution in [0.2, 0.25) is 0 Å². The van der Waals surface area contributed by atoms with E-state index >= 15 is 0 Å². The fourth-order valence-corrected chi connectivity index (χ4v) is 3.22. The molecule has 0 amide bonds. The number of fused-ring (bicyclic) bond motifs is 3. The fraction of sp³-hybridized carbons (Fsp3) is 1.00. The van der Waals surface area contributed by atoms with Gasteiger partial charge in [-0.25, -0.2) is 0 Å². The Morgan fingerprint density at radius 1 is 1.00 bits per heavy atom. The van der Waals surface area contributed by atoms with Gasteiger partial charge in [-0.2, -0.15) is 0 Å². The predicted octanol–water partition coefficient (Wildman–Crippen LogP) is -1.14. The Morgan fingerprint density at radius 2 is 1.36 bits per heavy atom. The van der Waals surface area contributed by atoms with E-state index in [0.717, 1.165) is 0 Å². The quantitative estimate of drug-likeness (QED) is 0.421. The topological polar surface area (TPSA) is 80.9 Å². The molecule has 0 spiro atoms. The van der Waals surface area contributed by atoms with E-state index in [1.807, 2.05) is 0 Å². The molecule has 3 saturated carbocycles. The third-order valence-corrected chi connectivity index (χ3v) is 5.10. The molecule has 3 aliphatic rings. The smallest absolute Gasteiger partial charge is 0.0686 e. The van der Waals surface area contributed by atoms with Crippen molar-refractivity contribution in [2.75, 3.05) is 6.61 Å². The fourth-order valence-electron chi connectivity index (χ4n) is 2.87. The van der Waals surface area contributed by atoms with Crippen LogP contribution in [0.5, 0.6) is 0 Å². The Morgan fingerprint density at radius 3 is 1.64 bits per heavy atom. The molecule has 3 aliphatic carbocycles. The van der Waals surface area contributed by atoms with Crippen LogP contribution in [0.1, 0.15) is 19.3 Å². The summed E-state index contributed by atoms with van der Waals surface area (Å²) in [7, 11) is 2.40. The first-order chi connectivity index (χ1) is 6.44. The highest BCUT2D eigenvalue weighted by atomic mass is 31.0. The molecule has 4 unspecified atom stereocenters. The number of aliphatic hydroxyl groups excluding tert-OH is 4. The highest BCUT2D eigenvalue weighted by Gasteiger charge is 2.61. The lowest BCUT2D eigenvalue weighted by Crippen LogP contribution is -2.68. The Balaban J connectivity index is 2.34. The van der Waals surface area contributed by atoms with E-state index in [9.17, 15) is 20.4 Å². The van der Waals surface area contributed by atoms with Crippen molar-refractivity contribution in [2.45, 2.75) is 42.7 Å². The number of hydrogen-bond acceptors (Lipinski definition) is 4. The summed E-state index contributed by atoms with van der Waals surface area (Å²) < 4.78 is 0. The van der Waals surface area contributed by atoms with Crippen molar-refractivity contribution >= 4 is 9.24 Å². The lowest BCUT2D eigenvalue weighted by Gasteiger charge is -2.59. The standard InChI is InChI=1S/C9H17O4P/c10-4-8-1-5(11)9(14,6(12)2-8)7(13)3-8/h5-7,10-13H,1-4,14H2. The van der Waals surface area contributed by atoms with Gasteiger partial charge in [-0.15, -0.1) is 9.24 Å². The van der Waals surface area contributed by atoms with Gasteiger partial charge in [0.2, 0.25) is 0 Å². The monoisotopic (exact) mass is 220 g/mol. The molecule has 0 heterocycles. The molecule has 3 fully saturated rings. The molecular weight excluding hydrogens is 203 g/mol. The van der Waals surface area contributed by atoms with Crippen molar-refractivity contribution in [2.24, 2.45) is 5.41 Å². The maximum Gasteiger partial charge on any atom is 0.0686 e. The van der Waals surface area contributed by atoms with Crippen molar-refractivity contribution in [1.82, 2.24) is 0 Å². The van der Waals surface area contributed by atoms with Gasteiger partial charge in [-0.1, -0.05) is 0 Å². The average molecular weight is 220 g/mol. The van der Waals surface area contributed by atoms with Crippen LogP contribution in [0, 0.1) is 5.41 Å². The highest BCUT2D eigenvalue weighted by Crippen LogP contribution is 2.55. The zero-order chi connectivity index (χ0) is 10.6. The summed E-state index contributed by atoms with van der Waals surface area (Å²) in [6.45, 7) is -0.0844. The summed E-state index contributed by atoms with van der Waals surface area (Å²) in [6, 6.07) is 0. The van der Waals surface area contributed by atoms with Crippen LogP contribution in [0.3, 0.4) is 0 Å². The molecule has 4 N–H and O–H groups in total. The number of hydrogen-bond donors (Lipinski definition) is 4. The molecule has 0 aliphatic heterocycles. The van der Waals surface area contributed by atoms with Gasteiger partial charge < -0.3 is 20.4 Å². The molecule has 0 radical (unpaired) electrons. The van der Waals surface area contributed by atoms with Crippen LogP contribution in [0.4, 0.5) is 0 Å². The van der Waals surface area contributed by atoms with E-state index in [-0.39, 0.29) is 6.61 Å². The summed E-state index contributed by atoms with van der Waals surface area (Å²) in [6.07, 6.45) is -0.893.